The second-order valence-electron chi connectivity index (χ2n) is 6.24. The number of carbonyl (C=O) groups excluding carboxylic acids is 1. The molecule has 0 saturated carbocycles. The Morgan fingerprint density at radius 1 is 1.25 bits per heavy atom. The zero-order chi connectivity index (χ0) is 20.5. The van der Waals surface area contributed by atoms with Crippen molar-refractivity contribution in [1.29, 1.82) is 0 Å². The molecule has 0 aromatic heterocycles. The molecule has 0 aliphatic carbocycles. The van der Waals surface area contributed by atoms with Crippen molar-refractivity contribution in [2.45, 2.75) is 33.1 Å². The van der Waals surface area contributed by atoms with Gasteiger partial charge in [0.15, 0.2) is 18.1 Å². The molecule has 2 rings (SSSR count). The molecule has 1 unspecified atom stereocenters. The van der Waals surface area contributed by atoms with Crippen LogP contribution < -0.4 is 14.9 Å². The summed E-state index contributed by atoms with van der Waals surface area (Å²) < 4.78 is 11.5. The lowest BCUT2D eigenvalue weighted by molar-refractivity contribution is -0.123. The number of hydrogen-bond acceptors (Lipinski definition) is 5. The number of aromatic hydroxyl groups is 1. The summed E-state index contributed by atoms with van der Waals surface area (Å²) in [4.78, 5) is 11.9. The lowest BCUT2D eigenvalue weighted by atomic mass is 9.99. The monoisotopic (exact) mass is 496 g/mol. The number of phenols is 1. The summed E-state index contributed by atoms with van der Waals surface area (Å²) in [5.41, 5.74) is 4.38. The molecule has 0 heterocycles. The van der Waals surface area contributed by atoms with Crippen LogP contribution in [0.4, 0.5) is 0 Å². The van der Waals surface area contributed by atoms with Crippen molar-refractivity contribution in [3.8, 4) is 17.2 Å². The van der Waals surface area contributed by atoms with Crippen LogP contribution in [0.5, 0.6) is 17.2 Å². The van der Waals surface area contributed by atoms with E-state index in [-0.39, 0.29) is 18.3 Å². The first kappa shape index (κ1) is 22.0. The van der Waals surface area contributed by atoms with E-state index in [1.165, 1.54) is 11.8 Å². The van der Waals surface area contributed by atoms with E-state index in [4.69, 9.17) is 9.47 Å². The number of halogens is 1. The normalized spacial score (nSPS) is 12.0. The van der Waals surface area contributed by atoms with Gasteiger partial charge in [0.05, 0.1) is 16.4 Å². The van der Waals surface area contributed by atoms with Crippen molar-refractivity contribution in [1.82, 2.24) is 5.43 Å². The maximum absolute atomic E-state index is 11.9. The van der Waals surface area contributed by atoms with Crippen molar-refractivity contribution < 1.29 is 19.4 Å². The minimum absolute atomic E-state index is 0.0939. The maximum Gasteiger partial charge on any atom is 0.277 e. The highest BCUT2D eigenvalue weighted by atomic mass is 127. The van der Waals surface area contributed by atoms with Crippen LogP contribution in [-0.2, 0) is 4.79 Å². The molecule has 2 N–H and O–H groups in total. The standard InChI is InChI=1S/C21H25IN2O4/c1-4-14(3)16-6-8-17(9-7-16)28-13-20(25)24-23-12-15-10-18(22)21(26)19(11-15)27-5-2/h6-12,14,26H,4-5,13H2,1-3H3,(H,24,25)/b23-12-. The highest BCUT2D eigenvalue weighted by molar-refractivity contribution is 14.1. The van der Waals surface area contributed by atoms with Gasteiger partial charge in [-0.1, -0.05) is 26.0 Å². The van der Waals surface area contributed by atoms with Crippen LogP contribution in [0.25, 0.3) is 0 Å². The molecule has 0 spiro atoms. The number of amides is 1. The van der Waals surface area contributed by atoms with Crippen molar-refractivity contribution in [3.05, 3.63) is 51.1 Å². The predicted octanol–water partition coefficient (Wildman–Crippen LogP) is 4.44. The van der Waals surface area contributed by atoms with Gasteiger partial charge in [0.25, 0.3) is 5.91 Å². The summed E-state index contributed by atoms with van der Waals surface area (Å²) in [5, 5.41) is 13.9. The van der Waals surface area contributed by atoms with Gasteiger partial charge in [-0.3, -0.25) is 4.79 Å². The van der Waals surface area contributed by atoms with Crippen molar-refractivity contribution in [2.75, 3.05) is 13.2 Å². The van der Waals surface area contributed by atoms with Crippen molar-refractivity contribution in [3.63, 3.8) is 0 Å². The Labute approximate surface area is 179 Å². The zero-order valence-electron chi connectivity index (χ0n) is 16.2. The summed E-state index contributed by atoms with van der Waals surface area (Å²) in [6.45, 7) is 6.48. The Kier molecular flexibility index (Phi) is 8.56. The topological polar surface area (TPSA) is 80.2 Å². The third kappa shape index (κ3) is 6.40. The first-order chi connectivity index (χ1) is 13.4. The first-order valence-electron chi connectivity index (χ1n) is 9.14. The Bertz CT molecular complexity index is 822. The van der Waals surface area contributed by atoms with Crippen LogP contribution in [0.3, 0.4) is 0 Å². The molecule has 0 saturated heterocycles. The van der Waals surface area contributed by atoms with E-state index in [0.29, 0.717) is 33.2 Å². The SMILES string of the molecule is CCOc1cc(/C=N\NC(=O)COc2ccc(C(C)CC)cc2)cc(I)c1O. The largest absolute Gasteiger partial charge is 0.504 e. The fourth-order valence-electron chi connectivity index (χ4n) is 2.42. The second kappa shape index (κ2) is 10.9. The van der Waals surface area contributed by atoms with E-state index in [2.05, 4.69) is 24.4 Å². The number of nitrogens with zero attached hydrogens (tertiary/aromatic N) is 1. The van der Waals surface area contributed by atoms with E-state index in [1.807, 2.05) is 53.8 Å². The molecule has 0 fully saturated rings. The number of hydrogen-bond donors (Lipinski definition) is 2. The number of carbonyl (C=O) groups is 1. The van der Waals surface area contributed by atoms with Gasteiger partial charge in [-0.05, 0) is 77.2 Å². The number of ether oxygens (including phenoxy) is 2. The molecule has 2 aromatic rings. The summed E-state index contributed by atoms with van der Waals surface area (Å²) >= 11 is 2.01. The minimum Gasteiger partial charge on any atom is -0.504 e. The molecular weight excluding hydrogens is 471 g/mol. The molecule has 0 aliphatic rings. The Hall–Kier alpha value is -2.29. The molecule has 7 heteroatoms. The highest BCUT2D eigenvalue weighted by Crippen LogP contribution is 2.32. The first-order valence-corrected chi connectivity index (χ1v) is 10.2. The van der Waals surface area contributed by atoms with E-state index >= 15 is 0 Å². The van der Waals surface area contributed by atoms with Crippen molar-refractivity contribution in [2.24, 2.45) is 5.10 Å². The molecule has 1 atom stereocenters. The molecule has 28 heavy (non-hydrogen) atoms. The molecule has 0 aliphatic heterocycles. The van der Waals surface area contributed by atoms with Gasteiger partial charge in [-0.2, -0.15) is 5.10 Å². The molecular formula is C21H25IN2O4. The van der Waals surface area contributed by atoms with E-state index in [1.54, 1.807) is 12.1 Å². The smallest absolute Gasteiger partial charge is 0.277 e. The van der Waals surface area contributed by atoms with Gasteiger partial charge in [-0.15, -0.1) is 0 Å². The fourth-order valence-corrected chi connectivity index (χ4v) is 3.05. The predicted molar refractivity (Wildman–Crippen MR) is 118 cm³/mol. The molecule has 6 nitrogen and oxygen atoms in total. The summed E-state index contributed by atoms with van der Waals surface area (Å²) in [6.07, 6.45) is 2.57. The van der Waals surface area contributed by atoms with Crippen LogP contribution in [0.15, 0.2) is 41.5 Å². The highest BCUT2D eigenvalue weighted by Gasteiger charge is 2.08. The maximum atomic E-state index is 11.9. The van der Waals surface area contributed by atoms with Gasteiger partial charge in [0.2, 0.25) is 0 Å². The molecule has 1 amide bonds. The van der Waals surface area contributed by atoms with Gasteiger partial charge < -0.3 is 14.6 Å². The molecule has 0 bridgehead atoms. The van der Waals surface area contributed by atoms with Crippen molar-refractivity contribution >= 4 is 34.7 Å². The summed E-state index contributed by atoms with van der Waals surface area (Å²) in [6, 6.07) is 11.2. The third-order valence-corrected chi connectivity index (χ3v) is 5.01. The molecule has 0 radical (unpaired) electrons. The van der Waals surface area contributed by atoms with Gasteiger partial charge in [0.1, 0.15) is 5.75 Å². The quantitative estimate of drug-likeness (QED) is 0.306. The fraction of sp³-hybridized carbons (Fsp3) is 0.333. The average molecular weight is 496 g/mol. The van der Waals surface area contributed by atoms with Crippen LogP contribution in [-0.4, -0.2) is 30.4 Å². The Balaban J connectivity index is 1.87. The van der Waals surface area contributed by atoms with Gasteiger partial charge >= 0.3 is 0 Å². The Morgan fingerprint density at radius 3 is 2.61 bits per heavy atom. The van der Waals surface area contributed by atoms with E-state index < -0.39 is 0 Å². The molecule has 2 aromatic carbocycles. The van der Waals surface area contributed by atoms with Crippen LogP contribution in [0.2, 0.25) is 0 Å². The van der Waals surface area contributed by atoms with E-state index in [0.717, 1.165) is 6.42 Å². The average Bonchev–Trinajstić information content (AvgIpc) is 2.70. The van der Waals surface area contributed by atoms with Gasteiger partial charge in [-0.25, -0.2) is 5.43 Å². The number of rotatable bonds is 9. The number of phenolic OH excluding ortho intramolecular Hbond substituents is 1. The van der Waals surface area contributed by atoms with Gasteiger partial charge in [0, 0.05) is 0 Å². The number of benzene rings is 2. The lowest BCUT2D eigenvalue weighted by Crippen LogP contribution is -2.24. The van der Waals surface area contributed by atoms with E-state index in [9.17, 15) is 9.90 Å². The van der Waals surface area contributed by atoms with Crippen LogP contribution >= 0.6 is 22.6 Å². The van der Waals surface area contributed by atoms with Crippen LogP contribution in [0, 0.1) is 3.57 Å². The summed E-state index contributed by atoms with van der Waals surface area (Å²) in [7, 11) is 0. The number of hydrazone groups is 1. The van der Waals surface area contributed by atoms with Crippen LogP contribution in [0.1, 0.15) is 44.2 Å². The Morgan fingerprint density at radius 2 is 1.96 bits per heavy atom. The zero-order valence-corrected chi connectivity index (χ0v) is 18.4. The molecule has 150 valence electrons. The second-order valence-corrected chi connectivity index (χ2v) is 7.40. The third-order valence-electron chi connectivity index (χ3n) is 4.18. The summed E-state index contributed by atoms with van der Waals surface area (Å²) in [5.74, 6) is 1.25. The number of nitrogens with one attached hydrogen (secondary N) is 1. The lowest BCUT2D eigenvalue weighted by Gasteiger charge is -2.10. The minimum atomic E-state index is -0.360.